The molecule has 0 fully saturated rings. The molecular weight excluding hydrogens is 368 g/mol. The van der Waals surface area contributed by atoms with Crippen molar-refractivity contribution < 1.29 is 19.1 Å². The second-order valence-electron chi connectivity index (χ2n) is 7.40. The van der Waals surface area contributed by atoms with E-state index in [1.165, 1.54) is 0 Å². The van der Waals surface area contributed by atoms with Crippen molar-refractivity contribution in [2.75, 3.05) is 13.2 Å². The lowest BCUT2D eigenvalue weighted by Gasteiger charge is -2.27. The predicted molar refractivity (Wildman–Crippen MR) is 115 cm³/mol. The number of rotatable bonds is 12. The maximum atomic E-state index is 13.3. The van der Waals surface area contributed by atoms with Crippen LogP contribution in [0.5, 0.6) is 0 Å². The first kappa shape index (κ1) is 24.7. The normalized spacial score (nSPS) is 11.8. The van der Waals surface area contributed by atoms with Crippen LogP contribution in [0, 0.1) is 13.8 Å². The molecule has 0 aromatic carbocycles. The molecule has 0 aliphatic carbocycles. The first-order valence-corrected chi connectivity index (χ1v) is 10.5. The molecule has 0 saturated carbocycles. The molecular formula is C23H36N2O4. The van der Waals surface area contributed by atoms with Crippen molar-refractivity contribution in [1.29, 1.82) is 0 Å². The molecule has 1 heterocycles. The summed E-state index contributed by atoms with van der Waals surface area (Å²) in [7, 11) is 1.75. The van der Waals surface area contributed by atoms with Crippen LogP contribution in [0.15, 0.2) is 12.7 Å². The largest absolute Gasteiger partial charge is 0.461 e. The van der Waals surface area contributed by atoms with E-state index in [0.29, 0.717) is 35.5 Å². The third-order valence-corrected chi connectivity index (χ3v) is 5.38. The average Bonchev–Trinajstić information content (AvgIpc) is 2.90. The fourth-order valence-corrected chi connectivity index (χ4v) is 3.64. The molecule has 1 unspecified atom stereocenters. The molecule has 0 radical (unpaired) electrons. The van der Waals surface area contributed by atoms with Gasteiger partial charge in [-0.25, -0.2) is 4.79 Å². The minimum absolute atomic E-state index is 0.0429. The Morgan fingerprint density at radius 2 is 1.83 bits per heavy atom. The van der Waals surface area contributed by atoms with Gasteiger partial charge in [-0.3, -0.25) is 9.59 Å². The highest BCUT2D eigenvalue weighted by molar-refractivity contribution is 6.06. The first-order chi connectivity index (χ1) is 13.7. The van der Waals surface area contributed by atoms with E-state index in [4.69, 9.17) is 4.74 Å². The number of unbranched alkanes of at least 4 members (excludes halogenated alkanes) is 3. The molecule has 1 atom stereocenters. The maximum absolute atomic E-state index is 13.3. The molecule has 1 aromatic heterocycles. The summed E-state index contributed by atoms with van der Waals surface area (Å²) >= 11 is 0. The Balaban J connectivity index is 3.14. The molecule has 1 amide bonds. The van der Waals surface area contributed by atoms with Crippen LogP contribution in [0.2, 0.25) is 0 Å². The molecule has 0 N–H and O–H groups in total. The summed E-state index contributed by atoms with van der Waals surface area (Å²) < 4.78 is 6.83. The number of hydrogen-bond donors (Lipinski definition) is 0. The van der Waals surface area contributed by atoms with E-state index in [0.717, 1.165) is 25.7 Å². The summed E-state index contributed by atoms with van der Waals surface area (Å²) in [5.41, 5.74) is 2.14. The van der Waals surface area contributed by atoms with Gasteiger partial charge in [0.05, 0.1) is 12.6 Å². The van der Waals surface area contributed by atoms with Gasteiger partial charge in [-0.2, -0.15) is 0 Å². The topological polar surface area (TPSA) is 68.6 Å². The van der Waals surface area contributed by atoms with E-state index < -0.39 is 12.0 Å². The number of carbonyl (C=O) groups is 3. The number of ether oxygens (including phenoxy) is 1. The van der Waals surface area contributed by atoms with Gasteiger partial charge in [0.15, 0.2) is 5.78 Å². The Kier molecular flexibility index (Phi) is 9.86. The molecule has 0 spiro atoms. The quantitative estimate of drug-likeness (QED) is 0.224. The molecule has 0 aliphatic heterocycles. The van der Waals surface area contributed by atoms with E-state index in [1.807, 2.05) is 0 Å². The number of hydrogen-bond acceptors (Lipinski definition) is 4. The van der Waals surface area contributed by atoms with Crippen molar-refractivity contribution in [3.63, 3.8) is 0 Å². The highest BCUT2D eigenvalue weighted by Crippen LogP contribution is 2.25. The van der Waals surface area contributed by atoms with Crippen LogP contribution >= 0.6 is 0 Å². The van der Waals surface area contributed by atoms with E-state index in [9.17, 15) is 14.4 Å². The number of carbonyl (C=O) groups excluding carboxylic acids is 3. The van der Waals surface area contributed by atoms with Gasteiger partial charge in [-0.05, 0) is 39.7 Å². The molecule has 0 aliphatic rings. The van der Waals surface area contributed by atoms with Crippen molar-refractivity contribution in [2.45, 2.75) is 72.8 Å². The zero-order valence-electron chi connectivity index (χ0n) is 18.8. The van der Waals surface area contributed by atoms with Crippen molar-refractivity contribution >= 4 is 17.7 Å². The van der Waals surface area contributed by atoms with E-state index in [-0.39, 0.29) is 18.3 Å². The smallest absolute Gasteiger partial charge is 0.355 e. The van der Waals surface area contributed by atoms with Crippen molar-refractivity contribution in [3.05, 3.63) is 35.2 Å². The number of aromatic nitrogens is 1. The van der Waals surface area contributed by atoms with E-state index >= 15 is 0 Å². The summed E-state index contributed by atoms with van der Waals surface area (Å²) in [6.07, 6.45) is 6.09. The number of esters is 1. The second-order valence-corrected chi connectivity index (χ2v) is 7.40. The van der Waals surface area contributed by atoms with E-state index in [2.05, 4.69) is 13.5 Å². The molecule has 162 valence electrons. The van der Waals surface area contributed by atoms with Crippen molar-refractivity contribution in [3.8, 4) is 0 Å². The van der Waals surface area contributed by atoms with Crippen LogP contribution in [0.3, 0.4) is 0 Å². The zero-order chi connectivity index (χ0) is 22.1. The fourth-order valence-electron chi connectivity index (χ4n) is 3.64. The molecule has 1 aromatic rings. The van der Waals surface area contributed by atoms with Crippen LogP contribution in [0.25, 0.3) is 0 Å². The lowest BCUT2D eigenvalue weighted by Crippen LogP contribution is -2.43. The number of amides is 1. The summed E-state index contributed by atoms with van der Waals surface area (Å²) in [6, 6.07) is -0.637. The van der Waals surface area contributed by atoms with E-state index in [1.54, 1.807) is 50.3 Å². The van der Waals surface area contributed by atoms with Crippen LogP contribution in [-0.4, -0.2) is 46.3 Å². The van der Waals surface area contributed by atoms with Gasteiger partial charge in [-0.1, -0.05) is 32.3 Å². The lowest BCUT2D eigenvalue weighted by molar-refractivity contribution is -0.132. The summed E-state index contributed by atoms with van der Waals surface area (Å²) in [4.78, 5) is 40.0. The van der Waals surface area contributed by atoms with Gasteiger partial charge in [-0.15, -0.1) is 6.58 Å². The van der Waals surface area contributed by atoms with Crippen LogP contribution in [-0.2, 0) is 16.6 Å². The SMILES string of the molecule is C=CCN(C(=O)CCCCCC)C(C)C(=O)c1c(C)c(C(=O)OCC)n(C)c1C. The molecule has 6 heteroatoms. The van der Waals surface area contributed by atoms with Gasteiger partial charge in [0.25, 0.3) is 0 Å². The lowest BCUT2D eigenvalue weighted by atomic mass is 9.99. The first-order valence-electron chi connectivity index (χ1n) is 10.5. The third-order valence-electron chi connectivity index (χ3n) is 5.38. The zero-order valence-corrected chi connectivity index (χ0v) is 18.8. The number of Topliss-reactive ketones (excluding diaryl/α,β-unsaturated/α-hetero) is 1. The minimum atomic E-state index is -0.637. The number of ketones is 1. The van der Waals surface area contributed by atoms with Gasteiger partial charge >= 0.3 is 5.97 Å². The average molecular weight is 405 g/mol. The predicted octanol–water partition coefficient (Wildman–Crippen LogP) is 4.37. The minimum Gasteiger partial charge on any atom is -0.461 e. The van der Waals surface area contributed by atoms with Crippen LogP contribution in [0.4, 0.5) is 0 Å². The Bertz CT molecular complexity index is 749. The van der Waals surface area contributed by atoms with Gasteiger partial charge in [0.2, 0.25) is 5.91 Å². The standard InChI is InChI=1S/C23H36N2O4/c1-8-11-12-13-14-19(26)25(15-9-2)18(6)22(27)20-16(4)21(23(28)29-10-3)24(7)17(20)5/h9,18H,2,8,10-15H2,1,3-7H3. The highest BCUT2D eigenvalue weighted by atomic mass is 16.5. The Labute approximate surface area is 174 Å². The highest BCUT2D eigenvalue weighted by Gasteiger charge is 2.31. The Hall–Kier alpha value is -2.37. The summed E-state index contributed by atoms with van der Waals surface area (Å²) in [5, 5.41) is 0. The van der Waals surface area contributed by atoms with Crippen molar-refractivity contribution in [1.82, 2.24) is 9.47 Å². The van der Waals surface area contributed by atoms with Crippen LogP contribution < -0.4 is 0 Å². The Morgan fingerprint density at radius 1 is 1.17 bits per heavy atom. The summed E-state index contributed by atoms with van der Waals surface area (Å²) in [5.74, 6) is -0.661. The monoisotopic (exact) mass is 404 g/mol. The fraction of sp³-hybridized carbons (Fsp3) is 0.609. The molecule has 1 rings (SSSR count). The molecule has 0 saturated heterocycles. The van der Waals surface area contributed by atoms with Gasteiger partial charge in [0.1, 0.15) is 5.69 Å². The third kappa shape index (κ3) is 5.81. The molecule has 29 heavy (non-hydrogen) atoms. The number of nitrogens with zero attached hydrogens (tertiary/aromatic N) is 2. The molecule has 0 bridgehead atoms. The van der Waals surface area contributed by atoms with Crippen molar-refractivity contribution in [2.24, 2.45) is 7.05 Å². The summed E-state index contributed by atoms with van der Waals surface area (Å²) in [6.45, 7) is 13.5. The Morgan fingerprint density at radius 3 is 2.38 bits per heavy atom. The molecule has 6 nitrogen and oxygen atoms in total. The maximum Gasteiger partial charge on any atom is 0.355 e. The second kappa shape index (κ2) is 11.6. The van der Waals surface area contributed by atoms with Gasteiger partial charge < -0.3 is 14.2 Å². The van der Waals surface area contributed by atoms with Gasteiger partial charge in [0, 0.05) is 31.3 Å². The van der Waals surface area contributed by atoms with Crippen LogP contribution in [0.1, 0.15) is 85.0 Å².